The number of para-hydroxylation sites is 1. The molecule has 0 spiro atoms. The van der Waals surface area contributed by atoms with Crippen LogP contribution in [0.15, 0.2) is 18.2 Å². The van der Waals surface area contributed by atoms with Crippen molar-refractivity contribution in [2.75, 3.05) is 13.1 Å². The van der Waals surface area contributed by atoms with Crippen molar-refractivity contribution in [3.8, 4) is 5.75 Å². The fourth-order valence-corrected chi connectivity index (χ4v) is 3.68. The van der Waals surface area contributed by atoms with E-state index in [9.17, 15) is 24.5 Å². The number of piperidine rings is 1. The van der Waals surface area contributed by atoms with Crippen LogP contribution in [0.4, 0.5) is 0 Å². The molecule has 2 aliphatic heterocycles. The number of nitrogens with one attached hydrogen (secondary N) is 3. The van der Waals surface area contributed by atoms with Crippen LogP contribution in [0.1, 0.15) is 35.2 Å². The Kier molecular flexibility index (Phi) is 6.73. The number of nitrogens with two attached hydrogens (primary N) is 1. The molecule has 3 atom stereocenters. The summed E-state index contributed by atoms with van der Waals surface area (Å²) in [5.74, 6) is -2.22. The second kappa shape index (κ2) is 9.25. The molecule has 1 aromatic rings. The van der Waals surface area contributed by atoms with Crippen LogP contribution in [0.2, 0.25) is 0 Å². The van der Waals surface area contributed by atoms with Gasteiger partial charge < -0.3 is 36.5 Å². The number of benzene rings is 1. The topological polar surface area (TPSA) is 163 Å². The molecule has 10 nitrogen and oxygen atoms in total. The average molecular weight is 404 g/mol. The third-order valence-electron chi connectivity index (χ3n) is 5.13. The van der Waals surface area contributed by atoms with Crippen LogP contribution in [0.3, 0.4) is 0 Å². The van der Waals surface area contributed by atoms with Gasteiger partial charge >= 0.3 is 13.1 Å². The van der Waals surface area contributed by atoms with E-state index >= 15 is 0 Å². The summed E-state index contributed by atoms with van der Waals surface area (Å²) in [6, 6.07) is 4.10. The smallest absolute Gasteiger partial charge is 0.534 e. The number of rotatable bonds is 7. The lowest BCUT2D eigenvalue weighted by molar-refractivity contribution is -0.127. The number of hydrogen-bond donors (Lipinski definition) is 6. The Morgan fingerprint density at radius 2 is 2.14 bits per heavy atom. The van der Waals surface area contributed by atoms with Gasteiger partial charge in [0.05, 0.1) is 17.5 Å². The van der Waals surface area contributed by atoms with Crippen molar-refractivity contribution in [2.24, 2.45) is 5.73 Å². The molecular weight excluding hydrogens is 379 g/mol. The van der Waals surface area contributed by atoms with Gasteiger partial charge in [-0.15, -0.1) is 0 Å². The molecule has 1 saturated heterocycles. The van der Waals surface area contributed by atoms with Gasteiger partial charge in [-0.2, -0.15) is 0 Å². The number of aromatic carboxylic acids is 1. The monoisotopic (exact) mass is 404 g/mol. The highest BCUT2D eigenvalue weighted by Crippen LogP contribution is 2.30. The van der Waals surface area contributed by atoms with Crippen molar-refractivity contribution in [1.29, 1.82) is 0 Å². The zero-order valence-corrected chi connectivity index (χ0v) is 15.9. The minimum atomic E-state index is -1.36. The van der Waals surface area contributed by atoms with E-state index in [2.05, 4.69) is 16.0 Å². The molecule has 1 fully saturated rings. The second-order valence-corrected chi connectivity index (χ2v) is 7.27. The highest BCUT2D eigenvalue weighted by Gasteiger charge is 2.38. The molecule has 0 saturated carbocycles. The maximum Gasteiger partial charge on any atom is 0.547 e. The predicted molar refractivity (Wildman–Crippen MR) is 104 cm³/mol. The number of carbonyl (C=O) groups excluding carboxylic acids is 2. The molecule has 2 heterocycles. The van der Waals surface area contributed by atoms with Gasteiger partial charge in [-0.05, 0) is 30.9 Å². The summed E-state index contributed by atoms with van der Waals surface area (Å²) in [5.41, 5.74) is 5.99. The maximum absolute atomic E-state index is 12.4. The zero-order valence-electron chi connectivity index (χ0n) is 15.9. The lowest BCUT2D eigenvalue weighted by Crippen LogP contribution is -2.56. The summed E-state index contributed by atoms with van der Waals surface area (Å²) in [6.45, 7) is 0.992. The van der Waals surface area contributed by atoms with E-state index in [0.29, 0.717) is 31.5 Å². The average Bonchev–Trinajstić information content (AvgIpc) is 2.67. The summed E-state index contributed by atoms with van der Waals surface area (Å²) in [4.78, 5) is 35.8. The molecule has 0 aliphatic carbocycles. The first-order valence-electron chi connectivity index (χ1n) is 9.62. The van der Waals surface area contributed by atoms with Gasteiger partial charge in [-0.25, -0.2) is 4.79 Å². The summed E-state index contributed by atoms with van der Waals surface area (Å²) in [7, 11) is -1.36. The molecule has 156 valence electrons. The minimum Gasteiger partial charge on any atom is -0.534 e. The van der Waals surface area contributed by atoms with Gasteiger partial charge in [0, 0.05) is 25.6 Å². The fourth-order valence-electron chi connectivity index (χ4n) is 3.68. The van der Waals surface area contributed by atoms with E-state index in [1.807, 2.05) is 0 Å². The van der Waals surface area contributed by atoms with Crippen molar-refractivity contribution in [3.05, 3.63) is 29.3 Å². The number of carboxylic acid groups (broad SMARTS) is 1. The van der Waals surface area contributed by atoms with Crippen LogP contribution in [0, 0.1) is 0 Å². The van der Waals surface area contributed by atoms with E-state index in [0.717, 1.165) is 0 Å². The largest absolute Gasteiger partial charge is 0.547 e. The van der Waals surface area contributed by atoms with Crippen molar-refractivity contribution < 1.29 is 29.2 Å². The van der Waals surface area contributed by atoms with E-state index in [1.165, 1.54) is 6.07 Å². The number of carbonyl (C=O) groups is 3. The lowest BCUT2D eigenvalue weighted by atomic mass is 9.72. The normalized spacial score (nSPS) is 23.6. The SMILES string of the molecule is NCCNC1CCC(CC(=O)NC2Cc3cccc(C(=O)O)c3OB2O)NC1=O. The second-order valence-electron chi connectivity index (χ2n) is 7.27. The third kappa shape index (κ3) is 5.05. The van der Waals surface area contributed by atoms with Gasteiger partial charge in [0.1, 0.15) is 5.75 Å². The van der Waals surface area contributed by atoms with Crippen LogP contribution in [0.5, 0.6) is 5.75 Å². The summed E-state index contributed by atoms with van der Waals surface area (Å²) < 4.78 is 5.37. The molecule has 11 heteroatoms. The summed E-state index contributed by atoms with van der Waals surface area (Å²) in [6.07, 6.45) is 1.59. The first kappa shape index (κ1) is 21.1. The molecular formula is C18H25BN4O6. The Morgan fingerprint density at radius 3 is 2.83 bits per heavy atom. The van der Waals surface area contributed by atoms with Gasteiger partial charge in [-0.1, -0.05) is 12.1 Å². The van der Waals surface area contributed by atoms with Gasteiger partial charge in [0.15, 0.2) is 0 Å². The van der Waals surface area contributed by atoms with Crippen molar-refractivity contribution in [3.63, 3.8) is 0 Å². The number of amides is 2. The van der Waals surface area contributed by atoms with E-state index in [-0.39, 0.29) is 48.1 Å². The van der Waals surface area contributed by atoms with Crippen molar-refractivity contribution in [1.82, 2.24) is 16.0 Å². The van der Waals surface area contributed by atoms with Crippen LogP contribution in [0.25, 0.3) is 0 Å². The molecule has 1 aromatic carbocycles. The van der Waals surface area contributed by atoms with E-state index in [1.54, 1.807) is 12.1 Å². The first-order chi connectivity index (χ1) is 13.9. The predicted octanol–water partition coefficient (Wildman–Crippen LogP) is -1.59. The van der Waals surface area contributed by atoms with Gasteiger partial charge in [-0.3, -0.25) is 9.59 Å². The quantitative estimate of drug-likeness (QED) is 0.296. The lowest BCUT2D eigenvalue weighted by Gasteiger charge is -2.31. The van der Waals surface area contributed by atoms with Crippen LogP contribution >= 0.6 is 0 Å². The summed E-state index contributed by atoms with van der Waals surface area (Å²) in [5, 5.41) is 28.1. The molecule has 0 aromatic heterocycles. The van der Waals surface area contributed by atoms with Crippen LogP contribution in [-0.2, 0) is 16.0 Å². The molecule has 29 heavy (non-hydrogen) atoms. The minimum absolute atomic E-state index is 0.0333. The van der Waals surface area contributed by atoms with Crippen LogP contribution in [-0.4, -0.2) is 66.1 Å². The fraction of sp³-hybridized carbons (Fsp3) is 0.500. The highest BCUT2D eigenvalue weighted by atomic mass is 16.5. The van der Waals surface area contributed by atoms with Crippen molar-refractivity contribution in [2.45, 2.75) is 43.7 Å². The Morgan fingerprint density at radius 1 is 1.34 bits per heavy atom. The molecule has 0 bridgehead atoms. The molecule has 7 N–H and O–H groups in total. The molecule has 3 rings (SSSR count). The number of carboxylic acids is 1. The Balaban J connectivity index is 1.54. The molecule has 2 aliphatic rings. The highest BCUT2D eigenvalue weighted by molar-refractivity contribution is 6.47. The Bertz CT molecular complexity index is 792. The molecule has 3 unspecified atom stereocenters. The Hall–Kier alpha value is -2.63. The van der Waals surface area contributed by atoms with Crippen LogP contribution < -0.4 is 26.3 Å². The zero-order chi connectivity index (χ0) is 21.0. The van der Waals surface area contributed by atoms with Gasteiger partial charge in [0.25, 0.3) is 0 Å². The third-order valence-corrected chi connectivity index (χ3v) is 5.13. The first-order valence-corrected chi connectivity index (χ1v) is 9.62. The standard InChI is InChI=1S/C18H25BN4O6/c20-6-7-21-13-5-4-11(22-17(13)25)9-15(24)23-14-8-10-2-1-3-12(18(26)27)16(10)29-19(14)28/h1-3,11,13-14,21,28H,4-9,20H2,(H,22,25)(H,23,24)(H,26,27). The van der Waals surface area contributed by atoms with E-state index in [4.69, 9.17) is 10.4 Å². The van der Waals surface area contributed by atoms with E-state index < -0.39 is 19.0 Å². The number of hydrogen-bond acceptors (Lipinski definition) is 7. The number of fused-ring (bicyclic) bond motifs is 1. The molecule has 2 amide bonds. The van der Waals surface area contributed by atoms with Crippen molar-refractivity contribution >= 4 is 24.9 Å². The van der Waals surface area contributed by atoms with Gasteiger partial charge in [0.2, 0.25) is 11.8 Å². The Labute approximate surface area is 168 Å². The molecule has 0 radical (unpaired) electrons. The maximum atomic E-state index is 12.4. The summed E-state index contributed by atoms with van der Waals surface area (Å²) >= 11 is 0.